The number of ether oxygens (including phenoxy) is 1. The van der Waals surface area contributed by atoms with Crippen LogP contribution in [0.2, 0.25) is 5.02 Å². The standard InChI is InChI=1S/C22H22ClNO/c1-16-7-10-21(11-8-16)24-14-19-13-20(23)9-12-22(19)25-15-18-6-4-3-5-17(18)2/h3-13,24H,14-15H2,1-2H3. The van der Waals surface area contributed by atoms with E-state index in [2.05, 4.69) is 55.6 Å². The van der Waals surface area contributed by atoms with Crippen molar-refractivity contribution in [2.45, 2.75) is 27.0 Å². The van der Waals surface area contributed by atoms with Crippen LogP contribution in [0.15, 0.2) is 66.7 Å². The summed E-state index contributed by atoms with van der Waals surface area (Å²) >= 11 is 6.18. The molecule has 0 bridgehead atoms. The Labute approximate surface area is 154 Å². The van der Waals surface area contributed by atoms with Crippen LogP contribution >= 0.6 is 11.6 Å². The molecule has 0 saturated heterocycles. The van der Waals surface area contributed by atoms with E-state index in [1.54, 1.807) is 0 Å². The predicted octanol–water partition coefficient (Wildman–Crippen LogP) is 6.15. The molecule has 25 heavy (non-hydrogen) atoms. The molecule has 0 aliphatic carbocycles. The molecule has 128 valence electrons. The van der Waals surface area contributed by atoms with E-state index in [1.165, 1.54) is 16.7 Å². The van der Waals surface area contributed by atoms with E-state index in [4.69, 9.17) is 16.3 Å². The maximum absolute atomic E-state index is 6.18. The third-order valence-electron chi connectivity index (χ3n) is 4.20. The van der Waals surface area contributed by atoms with Gasteiger partial charge in [-0.1, -0.05) is 53.6 Å². The lowest BCUT2D eigenvalue weighted by atomic mass is 10.1. The lowest BCUT2D eigenvalue weighted by Crippen LogP contribution is -2.04. The van der Waals surface area contributed by atoms with Gasteiger partial charge in [0.1, 0.15) is 12.4 Å². The van der Waals surface area contributed by atoms with Crippen LogP contribution in [0.5, 0.6) is 5.75 Å². The normalized spacial score (nSPS) is 10.5. The smallest absolute Gasteiger partial charge is 0.124 e. The zero-order chi connectivity index (χ0) is 17.6. The van der Waals surface area contributed by atoms with Gasteiger partial charge in [-0.2, -0.15) is 0 Å². The fourth-order valence-corrected chi connectivity index (χ4v) is 2.82. The summed E-state index contributed by atoms with van der Waals surface area (Å²) in [5, 5.41) is 4.14. The number of nitrogens with one attached hydrogen (secondary N) is 1. The molecule has 0 aliphatic rings. The molecule has 0 heterocycles. The Hall–Kier alpha value is -2.45. The summed E-state index contributed by atoms with van der Waals surface area (Å²) in [6, 6.07) is 22.4. The van der Waals surface area contributed by atoms with Crippen molar-refractivity contribution < 1.29 is 4.74 Å². The van der Waals surface area contributed by atoms with Crippen LogP contribution in [0.1, 0.15) is 22.3 Å². The van der Waals surface area contributed by atoms with Gasteiger partial charge in [-0.15, -0.1) is 0 Å². The van der Waals surface area contributed by atoms with Crippen molar-refractivity contribution in [3.63, 3.8) is 0 Å². The van der Waals surface area contributed by atoms with E-state index in [9.17, 15) is 0 Å². The molecule has 3 rings (SSSR count). The van der Waals surface area contributed by atoms with E-state index in [0.717, 1.165) is 17.0 Å². The number of halogens is 1. The topological polar surface area (TPSA) is 21.3 Å². The molecule has 0 unspecified atom stereocenters. The molecule has 1 N–H and O–H groups in total. The Kier molecular flexibility index (Phi) is 5.62. The summed E-state index contributed by atoms with van der Waals surface area (Å²) < 4.78 is 6.07. The number of hydrogen-bond acceptors (Lipinski definition) is 2. The number of aryl methyl sites for hydroxylation is 2. The Morgan fingerprint density at radius 2 is 1.64 bits per heavy atom. The first kappa shape index (κ1) is 17.4. The van der Waals surface area contributed by atoms with Gasteiger partial charge in [0.05, 0.1) is 0 Å². The number of hydrogen-bond donors (Lipinski definition) is 1. The second kappa shape index (κ2) is 8.09. The van der Waals surface area contributed by atoms with Crippen molar-refractivity contribution in [3.05, 3.63) is 94.0 Å². The Bertz CT molecular complexity index is 843. The Morgan fingerprint density at radius 1 is 0.880 bits per heavy atom. The summed E-state index contributed by atoms with van der Waals surface area (Å²) in [7, 11) is 0. The quantitative estimate of drug-likeness (QED) is 0.575. The lowest BCUT2D eigenvalue weighted by Gasteiger charge is -2.14. The monoisotopic (exact) mass is 351 g/mol. The minimum Gasteiger partial charge on any atom is -0.489 e. The molecule has 0 fully saturated rings. The summed E-state index contributed by atoms with van der Waals surface area (Å²) in [6.07, 6.45) is 0. The van der Waals surface area contributed by atoms with Crippen molar-refractivity contribution in [1.29, 1.82) is 0 Å². The molecular weight excluding hydrogens is 330 g/mol. The van der Waals surface area contributed by atoms with Crippen LogP contribution < -0.4 is 10.1 Å². The van der Waals surface area contributed by atoms with Gasteiger partial charge in [0.2, 0.25) is 0 Å². The summed E-state index contributed by atoms with van der Waals surface area (Å²) in [6.45, 7) is 5.39. The molecule has 3 aromatic carbocycles. The highest BCUT2D eigenvalue weighted by atomic mass is 35.5. The number of benzene rings is 3. The highest BCUT2D eigenvalue weighted by molar-refractivity contribution is 6.30. The molecule has 0 atom stereocenters. The van der Waals surface area contributed by atoms with Crippen molar-refractivity contribution in [1.82, 2.24) is 0 Å². The van der Waals surface area contributed by atoms with E-state index in [0.29, 0.717) is 18.2 Å². The zero-order valence-electron chi connectivity index (χ0n) is 14.6. The lowest BCUT2D eigenvalue weighted by molar-refractivity contribution is 0.302. The maximum atomic E-state index is 6.18. The second-order valence-corrected chi connectivity index (χ2v) is 6.62. The first-order valence-corrected chi connectivity index (χ1v) is 8.76. The average molecular weight is 352 g/mol. The SMILES string of the molecule is Cc1ccc(NCc2cc(Cl)ccc2OCc2ccccc2C)cc1. The molecule has 0 aromatic heterocycles. The van der Waals surface area contributed by atoms with Crippen molar-refractivity contribution in [2.24, 2.45) is 0 Å². The molecule has 0 spiro atoms. The fraction of sp³-hybridized carbons (Fsp3) is 0.182. The molecule has 0 aliphatic heterocycles. The number of rotatable bonds is 6. The Morgan fingerprint density at radius 3 is 2.40 bits per heavy atom. The molecule has 3 heteroatoms. The minimum absolute atomic E-state index is 0.547. The van der Waals surface area contributed by atoms with Crippen LogP contribution in [0, 0.1) is 13.8 Å². The van der Waals surface area contributed by atoms with Crippen LogP contribution in [-0.4, -0.2) is 0 Å². The summed E-state index contributed by atoms with van der Waals surface area (Å²) in [5.74, 6) is 0.854. The predicted molar refractivity (Wildman–Crippen MR) is 105 cm³/mol. The van der Waals surface area contributed by atoms with Crippen molar-refractivity contribution in [2.75, 3.05) is 5.32 Å². The van der Waals surface area contributed by atoms with Gasteiger partial charge in [-0.05, 0) is 55.3 Å². The van der Waals surface area contributed by atoms with Gasteiger partial charge in [-0.3, -0.25) is 0 Å². The zero-order valence-corrected chi connectivity index (χ0v) is 15.3. The third kappa shape index (κ3) is 4.77. The van der Waals surface area contributed by atoms with Crippen molar-refractivity contribution >= 4 is 17.3 Å². The van der Waals surface area contributed by atoms with Gasteiger partial charge in [-0.25, -0.2) is 0 Å². The Balaban J connectivity index is 1.71. The molecule has 0 saturated carbocycles. The van der Waals surface area contributed by atoms with Crippen LogP contribution in [-0.2, 0) is 13.2 Å². The number of anilines is 1. The van der Waals surface area contributed by atoms with E-state index < -0.39 is 0 Å². The molecular formula is C22H22ClNO. The highest BCUT2D eigenvalue weighted by Gasteiger charge is 2.07. The summed E-state index contributed by atoms with van der Waals surface area (Å²) in [4.78, 5) is 0. The average Bonchev–Trinajstić information content (AvgIpc) is 2.62. The van der Waals surface area contributed by atoms with Crippen LogP contribution in [0.25, 0.3) is 0 Å². The molecule has 3 aromatic rings. The van der Waals surface area contributed by atoms with Crippen LogP contribution in [0.4, 0.5) is 5.69 Å². The first-order chi connectivity index (χ1) is 12.1. The van der Waals surface area contributed by atoms with Gasteiger partial charge in [0.15, 0.2) is 0 Å². The third-order valence-corrected chi connectivity index (χ3v) is 4.44. The largest absolute Gasteiger partial charge is 0.489 e. The second-order valence-electron chi connectivity index (χ2n) is 6.19. The highest BCUT2D eigenvalue weighted by Crippen LogP contribution is 2.25. The van der Waals surface area contributed by atoms with Crippen LogP contribution in [0.3, 0.4) is 0 Å². The molecule has 0 radical (unpaired) electrons. The fourth-order valence-electron chi connectivity index (χ4n) is 2.62. The van der Waals surface area contributed by atoms with Crippen molar-refractivity contribution in [3.8, 4) is 5.75 Å². The maximum Gasteiger partial charge on any atom is 0.124 e. The van der Waals surface area contributed by atoms with Gasteiger partial charge in [0.25, 0.3) is 0 Å². The van der Waals surface area contributed by atoms with Gasteiger partial charge >= 0.3 is 0 Å². The van der Waals surface area contributed by atoms with Gasteiger partial charge < -0.3 is 10.1 Å². The van der Waals surface area contributed by atoms with E-state index >= 15 is 0 Å². The molecule has 0 amide bonds. The van der Waals surface area contributed by atoms with E-state index in [1.807, 2.05) is 30.3 Å². The van der Waals surface area contributed by atoms with E-state index in [-0.39, 0.29) is 0 Å². The molecule has 2 nitrogen and oxygen atoms in total. The first-order valence-electron chi connectivity index (χ1n) is 8.38. The summed E-state index contributed by atoms with van der Waals surface area (Å²) in [5.41, 5.74) is 5.79. The minimum atomic E-state index is 0.547. The van der Waals surface area contributed by atoms with Gasteiger partial charge in [0, 0.05) is 22.8 Å².